The number of nitrogen functional groups attached to an aromatic ring is 2. The van der Waals surface area contributed by atoms with Crippen LogP contribution in [0.3, 0.4) is 0 Å². The minimum absolute atomic E-state index is 0. The fourth-order valence-corrected chi connectivity index (χ4v) is 4.89. The maximum absolute atomic E-state index is 13.2. The first-order chi connectivity index (χ1) is 15.3. The zero-order valence-corrected chi connectivity index (χ0v) is 18.1. The molecule has 0 aliphatic heterocycles. The van der Waals surface area contributed by atoms with Gasteiger partial charge in [-0.2, -0.15) is 16.8 Å². The Morgan fingerprint density at radius 3 is 1.74 bits per heavy atom. The third kappa shape index (κ3) is 5.34. The fourth-order valence-electron chi connectivity index (χ4n) is 3.60. The molecule has 0 heterocycles. The van der Waals surface area contributed by atoms with Gasteiger partial charge in [-0.15, -0.1) is 0 Å². The van der Waals surface area contributed by atoms with E-state index in [-0.39, 0.29) is 92.9 Å². The minimum atomic E-state index is -4.92. The van der Waals surface area contributed by atoms with E-state index in [2.05, 4.69) is 5.32 Å². The van der Waals surface area contributed by atoms with Gasteiger partial charge in [0.15, 0.2) is 11.6 Å². The molecule has 0 radical (unpaired) electrons. The summed E-state index contributed by atoms with van der Waals surface area (Å²) in [5.74, 6) is -1.39. The van der Waals surface area contributed by atoms with Crippen LogP contribution in [-0.4, -0.2) is 96.6 Å². The van der Waals surface area contributed by atoms with Gasteiger partial charge in [0.05, 0.1) is 28.2 Å². The molecule has 3 aromatic rings. The van der Waals surface area contributed by atoms with Gasteiger partial charge in [-0.3, -0.25) is 18.7 Å². The van der Waals surface area contributed by atoms with E-state index in [4.69, 9.17) is 11.5 Å². The van der Waals surface area contributed by atoms with Crippen LogP contribution in [0.15, 0.2) is 58.3 Å². The first-order valence-corrected chi connectivity index (χ1v) is 11.9. The molecule has 0 spiro atoms. The van der Waals surface area contributed by atoms with Crippen molar-refractivity contribution < 1.29 is 35.5 Å². The monoisotopic (exact) mass is 537 g/mol. The van der Waals surface area contributed by atoms with Crippen LogP contribution in [0, 0.1) is 0 Å². The number of hydrogen-bond acceptors (Lipinski definition) is 9. The molecule has 1 aliphatic carbocycles. The van der Waals surface area contributed by atoms with Gasteiger partial charge in [0.2, 0.25) is 0 Å². The van der Waals surface area contributed by atoms with E-state index in [9.17, 15) is 35.5 Å². The Bertz CT molecular complexity index is 1610. The molecule has 174 valence electrons. The van der Waals surface area contributed by atoms with Gasteiger partial charge in [0, 0.05) is 16.8 Å². The van der Waals surface area contributed by atoms with Crippen molar-refractivity contribution in [2.45, 2.75) is 9.79 Å². The molecule has 0 amide bonds. The topological polar surface area (TPSA) is 207 Å². The van der Waals surface area contributed by atoms with Gasteiger partial charge >= 0.3 is 59.1 Å². The van der Waals surface area contributed by atoms with Crippen molar-refractivity contribution in [2.75, 3.05) is 16.8 Å². The molecule has 0 aromatic heterocycles. The summed E-state index contributed by atoms with van der Waals surface area (Å²) in [6.45, 7) is 0. The van der Waals surface area contributed by atoms with Crippen LogP contribution in [0.25, 0.3) is 0 Å². The number of anilines is 4. The Kier molecular flexibility index (Phi) is 8.67. The summed E-state index contributed by atoms with van der Waals surface area (Å²) in [6.07, 6.45) is 0. The Hall–Kier alpha value is -1.78. The van der Waals surface area contributed by atoms with Crippen LogP contribution < -0.4 is 16.8 Å². The molecule has 0 saturated heterocycles. The number of hydrogen-bond donors (Lipinski definition) is 5. The fraction of sp³-hybridized carbons (Fsp3) is 0. The third-order valence-electron chi connectivity index (χ3n) is 5.05. The van der Waals surface area contributed by atoms with Gasteiger partial charge in [0.25, 0.3) is 20.2 Å². The number of ketones is 2. The zero-order chi connectivity index (χ0) is 24.3. The van der Waals surface area contributed by atoms with Gasteiger partial charge < -0.3 is 16.8 Å². The SMILES string of the molecule is Nc1ccc(Nc2cc(S(=O)(=O)O)c(N)c3c2C(=O)c2ccccc2C3=O)cc1S(=O)(=O)O.[NaH].[NaH]. The molecular weight excluding hydrogens is 520 g/mol. The van der Waals surface area contributed by atoms with Crippen molar-refractivity contribution in [3.8, 4) is 0 Å². The standard InChI is InChI=1S/C20H15N3O8S2.2Na.2H/c21-12-6-5-9(7-14(12)32(26,27)28)23-13-8-15(33(29,30)31)18(22)17-16(13)19(24)10-3-1-2-4-11(10)20(17)25;;;;/h1-8,23H,21-22H2,(H,26,27,28)(H,29,30,31);;;;. The molecule has 4 rings (SSSR count). The Morgan fingerprint density at radius 1 is 0.714 bits per heavy atom. The summed E-state index contributed by atoms with van der Waals surface area (Å²) in [6, 6.07) is 10.1. The van der Waals surface area contributed by atoms with E-state index in [1.807, 2.05) is 0 Å². The molecule has 0 unspecified atom stereocenters. The summed E-state index contributed by atoms with van der Waals surface area (Å²) < 4.78 is 66.0. The molecule has 0 atom stereocenters. The van der Waals surface area contributed by atoms with Crippen molar-refractivity contribution in [3.05, 3.63) is 70.8 Å². The average molecular weight is 537 g/mol. The van der Waals surface area contributed by atoms with Crippen LogP contribution in [0.1, 0.15) is 31.8 Å². The van der Waals surface area contributed by atoms with E-state index < -0.39 is 52.8 Å². The van der Waals surface area contributed by atoms with E-state index in [1.54, 1.807) is 0 Å². The predicted molar refractivity (Wildman–Crippen MR) is 132 cm³/mol. The summed E-state index contributed by atoms with van der Waals surface area (Å²) >= 11 is 0. The molecule has 1 aliphatic rings. The van der Waals surface area contributed by atoms with E-state index in [1.165, 1.54) is 30.3 Å². The van der Waals surface area contributed by atoms with Gasteiger partial charge in [-0.05, 0) is 24.3 Å². The summed E-state index contributed by atoms with van der Waals surface area (Å²) in [4.78, 5) is 24.9. The second-order valence-electron chi connectivity index (χ2n) is 7.12. The number of benzene rings is 3. The van der Waals surface area contributed by atoms with E-state index in [0.717, 1.165) is 18.2 Å². The van der Waals surface area contributed by atoms with Crippen molar-refractivity contribution in [1.29, 1.82) is 0 Å². The Balaban J connectivity index is 0.00000216. The first-order valence-electron chi connectivity index (χ1n) is 9.07. The number of carbonyl (C=O) groups excluding carboxylic acids is 2. The van der Waals surface area contributed by atoms with Crippen molar-refractivity contribution >= 4 is 114 Å². The predicted octanol–water partition coefficient (Wildman–Crippen LogP) is 0.566. The van der Waals surface area contributed by atoms with Crippen LogP contribution in [0.5, 0.6) is 0 Å². The Labute approximate surface area is 244 Å². The number of nitrogens with one attached hydrogen (secondary N) is 1. The second-order valence-corrected chi connectivity index (χ2v) is 9.90. The third-order valence-corrected chi connectivity index (χ3v) is 6.85. The summed E-state index contributed by atoms with van der Waals surface area (Å²) in [5.41, 5.74) is 9.69. The van der Waals surface area contributed by atoms with Gasteiger partial charge in [0.1, 0.15) is 9.79 Å². The van der Waals surface area contributed by atoms with Crippen LogP contribution >= 0.6 is 0 Å². The molecule has 7 N–H and O–H groups in total. The van der Waals surface area contributed by atoms with Gasteiger partial charge in [-0.25, -0.2) is 0 Å². The van der Waals surface area contributed by atoms with Crippen molar-refractivity contribution in [1.82, 2.24) is 0 Å². The average Bonchev–Trinajstić information content (AvgIpc) is 2.72. The number of rotatable bonds is 4. The van der Waals surface area contributed by atoms with Crippen LogP contribution in [0.4, 0.5) is 22.7 Å². The molecule has 35 heavy (non-hydrogen) atoms. The molecule has 15 heteroatoms. The molecule has 0 saturated carbocycles. The number of fused-ring (bicyclic) bond motifs is 2. The van der Waals surface area contributed by atoms with Crippen LogP contribution in [-0.2, 0) is 20.2 Å². The maximum atomic E-state index is 13.2. The zero-order valence-electron chi connectivity index (χ0n) is 16.4. The van der Waals surface area contributed by atoms with E-state index in [0.29, 0.717) is 0 Å². The molecule has 0 bridgehead atoms. The van der Waals surface area contributed by atoms with E-state index >= 15 is 0 Å². The molecule has 0 fully saturated rings. The summed E-state index contributed by atoms with van der Waals surface area (Å²) in [7, 11) is -9.63. The van der Waals surface area contributed by atoms with Crippen LogP contribution in [0.2, 0.25) is 0 Å². The van der Waals surface area contributed by atoms with Crippen molar-refractivity contribution in [2.24, 2.45) is 0 Å². The molecule has 11 nitrogen and oxygen atoms in total. The van der Waals surface area contributed by atoms with Gasteiger partial charge in [-0.1, -0.05) is 24.3 Å². The molecule has 3 aromatic carbocycles. The van der Waals surface area contributed by atoms with Crippen molar-refractivity contribution in [3.63, 3.8) is 0 Å². The Morgan fingerprint density at radius 2 is 1.23 bits per heavy atom. The summed E-state index contributed by atoms with van der Waals surface area (Å²) in [5, 5.41) is 2.66. The first kappa shape index (κ1) is 29.5. The molecular formula is C20H17N3Na2O8S2. The number of carbonyl (C=O) groups is 2. The normalized spacial score (nSPS) is 12.6. The number of nitrogens with two attached hydrogens (primary N) is 2. The second kappa shape index (κ2) is 10.3. The quantitative estimate of drug-likeness (QED) is 0.138.